The van der Waals surface area contributed by atoms with Gasteiger partial charge in [-0.2, -0.15) is 0 Å². The zero-order chi connectivity index (χ0) is 11.8. The van der Waals surface area contributed by atoms with E-state index in [9.17, 15) is 4.79 Å². The fraction of sp³-hybridized carbons (Fsp3) is 0.500. The molecule has 1 atom stereocenters. The monoisotopic (exact) mass is 217 g/mol. The predicted molar refractivity (Wildman–Crippen MR) is 65.3 cm³/mol. The number of ketones is 1. The summed E-state index contributed by atoms with van der Waals surface area (Å²) in [5.41, 5.74) is 8.94. The molecule has 0 saturated heterocycles. The van der Waals surface area contributed by atoms with Gasteiger partial charge in [0, 0.05) is 6.42 Å². The smallest absolute Gasteiger partial charge is 0.157 e. The Morgan fingerprint density at radius 2 is 2.00 bits per heavy atom. The lowest BCUT2D eigenvalue weighted by molar-refractivity contribution is -0.126. The molecule has 2 heteroatoms. The molecule has 0 amide bonds. The highest BCUT2D eigenvalue weighted by molar-refractivity contribution is 5.90. The van der Waals surface area contributed by atoms with Crippen molar-refractivity contribution in [1.82, 2.24) is 0 Å². The Morgan fingerprint density at radius 1 is 1.25 bits per heavy atom. The Hall–Kier alpha value is -1.15. The summed E-state index contributed by atoms with van der Waals surface area (Å²) < 4.78 is 0. The van der Waals surface area contributed by atoms with Crippen LogP contribution in [0.15, 0.2) is 18.2 Å². The van der Waals surface area contributed by atoms with E-state index in [1.54, 1.807) is 0 Å². The first-order valence-electron chi connectivity index (χ1n) is 5.94. The fourth-order valence-electron chi connectivity index (χ4n) is 2.55. The first-order chi connectivity index (χ1) is 7.54. The van der Waals surface area contributed by atoms with Crippen molar-refractivity contribution in [2.24, 2.45) is 5.73 Å². The van der Waals surface area contributed by atoms with E-state index in [-0.39, 0.29) is 5.78 Å². The van der Waals surface area contributed by atoms with Gasteiger partial charge in [-0.15, -0.1) is 0 Å². The molecule has 1 unspecified atom stereocenters. The predicted octanol–water partition coefficient (Wildman–Crippen LogP) is 2.60. The highest BCUT2D eigenvalue weighted by atomic mass is 16.1. The van der Waals surface area contributed by atoms with E-state index < -0.39 is 5.54 Å². The van der Waals surface area contributed by atoms with Gasteiger partial charge in [-0.1, -0.05) is 30.2 Å². The Morgan fingerprint density at radius 3 is 2.69 bits per heavy atom. The average Bonchev–Trinajstić information content (AvgIpc) is 2.26. The summed E-state index contributed by atoms with van der Waals surface area (Å²) in [6, 6.07) is 6.19. The maximum Gasteiger partial charge on any atom is 0.157 e. The molecular formula is C14H19NO. The van der Waals surface area contributed by atoms with Gasteiger partial charge < -0.3 is 5.73 Å². The number of carbonyl (C=O) groups excluding carboxylic acids is 1. The molecule has 86 valence electrons. The van der Waals surface area contributed by atoms with Crippen molar-refractivity contribution in [3.05, 3.63) is 34.9 Å². The Bertz CT molecular complexity index is 425. The van der Waals surface area contributed by atoms with Crippen LogP contribution < -0.4 is 5.73 Å². The van der Waals surface area contributed by atoms with E-state index in [1.165, 1.54) is 5.56 Å². The molecule has 1 aromatic rings. The number of rotatable bonds is 1. The van der Waals surface area contributed by atoms with Crippen LogP contribution in [0.2, 0.25) is 0 Å². The lowest BCUT2D eigenvalue weighted by atomic mass is 9.74. The van der Waals surface area contributed by atoms with E-state index in [4.69, 9.17) is 5.73 Å². The summed E-state index contributed by atoms with van der Waals surface area (Å²) in [5.74, 6) is 0.201. The summed E-state index contributed by atoms with van der Waals surface area (Å²) in [4.78, 5) is 12.1. The highest BCUT2D eigenvalue weighted by Crippen LogP contribution is 2.34. The van der Waals surface area contributed by atoms with Crippen LogP contribution in [0.5, 0.6) is 0 Å². The Balaban J connectivity index is 2.48. The number of aryl methyl sites for hydroxylation is 2. The number of benzene rings is 1. The number of hydrogen-bond donors (Lipinski definition) is 1. The molecule has 0 aliphatic heterocycles. The van der Waals surface area contributed by atoms with Gasteiger partial charge in [-0.25, -0.2) is 0 Å². The first-order valence-corrected chi connectivity index (χ1v) is 5.94. The molecule has 0 heterocycles. The van der Waals surface area contributed by atoms with E-state index in [2.05, 4.69) is 18.2 Å². The molecule has 2 nitrogen and oxygen atoms in total. The van der Waals surface area contributed by atoms with Gasteiger partial charge in [0.15, 0.2) is 5.78 Å². The molecule has 1 saturated carbocycles. The second kappa shape index (κ2) is 4.02. The highest BCUT2D eigenvalue weighted by Gasteiger charge is 2.38. The van der Waals surface area contributed by atoms with Crippen molar-refractivity contribution in [3.8, 4) is 0 Å². The summed E-state index contributed by atoms with van der Waals surface area (Å²) in [6.45, 7) is 4.07. The number of Topliss-reactive ketones (excluding diaryl/α,β-unsaturated/α-hetero) is 1. The largest absolute Gasteiger partial charge is 0.315 e. The van der Waals surface area contributed by atoms with Gasteiger partial charge in [-0.3, -0.25) is 4.79 Å². The summed E-state index contributed by atoms with van der Waals surface area (Å²) >= 11 is 0. The molecule has 0 spiro atoms. The minimum Gasteiger partial charge on any atom is -0.315 e. The fourth-order valence-corrected chi connectivity index (χ4v) is 2.55. The third-order valence-corrected chi connectivity index (χ3v) is 3.60. The van der Waals surface area contributed by atoms with Crippen LogP contribution in [0.3, 0.4) is 0 Å². The van der Waals surface area contributed by atoms with Gasteiger partial charge in [0.05, 0.1) is 0 Å². The van der Waals surface area contributed by atoms with Crippen LogP contribution in [-0.4, -0.2) is 5.78 Å². The molecule has 0 bridgehead atoms. The van der Waals surface area contributed by atoms with Gasteiger partial charge in [0.25, 0.3) is 0 Å². The topological polar surface area (TPSA) is 43.1 Å². The van der Waals surface area contributed by atoms with Gasteiger partial charge >= 0.3 is 0 Å². The van der Waals surface area contributed by atoms with E-state index in [1.807, 2.05) is 13.8 Å². The van der Waals surface area contributed by atoms with Crippen LogP contribution in [-0.2, 0) is 10.3 Å². The third-order valence-electron chi connectivity index (χ3n) is 3.60. The minimum atomic E-state index is -0.728. The van der Waals surface area contributed by atoms with Crippen molar-refractivity contribution in [1.29, 1.82) is 0 Å². The average molecular weight is 217 g/mol. The minimum absolute atomic E-state index is 0.201. The maximum absolute atomic E-state index is 12.1. The molecule has 2 N–H and O–H groups in total. The lowest BCUT2D eigenvalue weighted by Crippen LogP contribution is -2.47. The molecular weight excluding hydrogens is 198 g/mol. The SMILES string of the molecule is Cc1ccc(C)c(C2(N)CCCCC2=O)c1. The Labute approximate surface area is 96.8 Å². The summed E-state index contributed by atoms with van der Waals surface area (Å²) in [7, 11) is 0. The van der Waals surface area contributed by atoms with Crippen molar-refractivity contribution in [3.63, 3.8) is 0 Å². The quantitative estimate of drug-likeness (QED) is 0.785. The molecule has 0 radical (unpaired) electrons. The molecule has 0 aromatic heterocycles. The zero-order valence-corrected chi connectivity index (χ0v) is 10.0. The molecule has 1 aliphatic carbocycles. The van der Waals surface area contributed by atoms with Crippen LogP contribution >= 0.6 is 0 Å². The number of hydrogen-bond acceptors (Lipinski definition) is 2. The summed E-state index contributed by atoms with van der Waals surface area (Å²) in [6.07, 6.45) is 3.46. The second-order valence-electron chi connectivity index (χ2n) is 4.92. The van der Waals surface area contributed by atoms with Crippen LogP contribution in [0.1, 0.15) is 42.4 Å². The van der Waals surface area contributed by atoms with Gasteiger partial charge in [0.1, 0.15) is 5.54 Å². The van der Waals surface area contributed by atoms with E-state index in [0.29, 0.717) is 6.42 Å². The summed E-state index contributed by atoms with van der Waals surface area (Å²) in [5, 5.41) is 0. The molecule has 1 fully saturated rings. The van der Waals surface area contributed by atoms with Crippen LogP contribution in [0, 0.1) is 13.8 Å². The second-order valence-corrected chi connectivity index (χ2v) is 4.92. The maximum atomic E-state index is 12.1. The van der Waals surface area contributed by atoms with Crippen LogP contribution in [0.4, 0.5) is 0 Å². The molecule has 1 aromatic carbocycles. The standard InChI is InChI=1S/C14H19NO/c1-10-6-7-11(2)12(9-10)14(15)8-4-3-5-13(14)16/h6-7,9H,3-5,8,15H2,1-2H3. The molecule has 16 heavy (non-hydrogen) atoms. The van der Waals surface area contributed by atoms with E-state index in [0.717, 1.165) is 30.4 Å². The van der Waals surface area contributed by atoms with Crippen LogP contribution in [0.25, 0.3) is 0 Å². The first kappa shape index (κ1) is 11.3. The van der Waals surface area contributed by atoms with Gasteiger partial charge in [-0.05, 0) is 37.8 Å². The third kappa shape index (κ3) is 1.78. The normalized spacial score (nSPS) is 25.8. The molecule has 2 rings (SSSR count). The lowest BCUT2D eigenvalue weighted by Gasteiger charge is -2.33. The van der Waals surface area contributed by atoms with Crippen molar-refractivity contribution in [2.75, 3.05) is 0 Å². The Kier molecular flexibility index (Phi) is 2.85. The zero-order valence-electron chi connectivity index (χ0n) is 10.0. The van der Waals surface area contributed by atoms with Crippen molar-refractivity contribution < 1.29 is 4.79 Å². The van der Waals surface area contributed by atoms with Crippen molar-refractivity contribution in [2.45, 2.75) is 45.1 Å². The van der Waals surface area contributed by atoms with E-state index >= 15 is 0 Å². The molecule has 1 aliphatic rings. The van der Waals surface area contributed by atoms with Gasteiger partial charge in [0.2, 0.25) is 0 Å². The number of nitrogens with two attached hydrogens (primary N) is 1. The van der Waals surface area contributed by atoms with Crippen molar-refractivity contribution >= 4 is 5.78 Å². The number of carbonyl (C=O) groups is 1.